The molecule has 2 aromatic heterocycles. The van der Waals surface area contributed by atoms with Crippen LogP contribution in [0.3, 0.4) is 0 Å². The van der Waals surface area contributed by atoms with Gasteiger partial charge in [0.05, 0.1) is 28.4 Å². The topological polar surface area (TPSA) is 46.9 Å². The predicted octanol–water partition coefficient (Wildman–Crippen LogP) is 3.84. The van der Waals surface area contributed by atoms with Crippen molar-refractivity contribution in [2.75, 3.05) is 0 Å². The van der Waals surface area contributed by atoms with Crippen molar-refractivity contribution in [2.45, 2.75) is 6.54 Å². The molecule has 3 aromatic rings. The van der Waals surface area contributed by atoms with E-state index < -0.39 is 0 Å². The largest absolute Gasteiger partial charge is 0.346 e. The van der Waals surface area contributed by atoms with Gasteiger partial charge in [-0.3, -0.25) is 9.48 Å². The summed E-state index contributed by atoms with van der Waals surface area (Å²) in [5, 5.41) is 9.39. The summed E-state index contributed by atoms with van der Waals surface area (Å²) in [5.41, 5.74) is 2.52. The fourth-order valence-electron chi connectivity index (χ4n) is 2.18. The third kappa shape index (κ3) is 3.13. The lowest BCUT2D eigenvalue weighted by atomic mass is 10.2. The number of aromatic nitrogens is 2. The Kier molecular flexibility index (Phi) is 4.40. The van der Waals surface area contributed by atoms with Crippen LogP contribution in [0.1, 0.15) is 16.1 Å². The summed E-state index contributed by atoms with van der Waals surface area (Å²) in [5.74, 6) is -0.115. The van der Waals surface area contributed by atoms with E-state index >= 15 is 0 Å². The Hall–Kier alpha value is -1.92. The Morgan fingerprint density at radius 3 is 2.86 bits per heavy atom. The first kappa shape index (κ1) is 15.0. The van der Waals surface area contributed by atoms with Crippen LogP contribution in [0.4, 0.5) is 0 Å². The third-order valence-corrected chi connectivity index (χ3v) is 4.84. The third-order valence-electron chi connectivity index (χ3n) is 3.25. The minimum absolute atomic E-state index is 0.115. The lowest BCUT2D eigenvalue weighted by Crippen LogP contribution is -2.23. The van der Waals surface area contributed by atoms with Crippen LogP contribution in [0, 0.1) is 0 Å². The SMILES string of the molecule is Cn1nc(CNC(=O)c2ccccc2Br)cc1-c1cccs1. The standard InChI is InChI=1S/C16H14BrN3OS/c1-20-14(15-7-4-8-22-15)9-11(19-20)10-18-16(21)12-5-2-3-6-13(12)17/h2-9H,10H2,1H3,(H,18,21). The van der Waals surface area contributed by atoms with E-state index in [2.05, 4.69) is 32.4 Å². The molecule has 0 aliphatic heterocycles. The summed E-state index contributed by atoms with van der Waals surface area (Å²) in [7, 11) is 1.91. The van der Waals surface area contributed by atoms with Crippen molar-refractivity contribution < 1.29 is 4.79 Å². The highest BCUT2D eigenvalue weighted by Crippen LogP contribution is 2.24. The van der Waals surface area contributed by atoms with Gasteiger partial charge in [0.1, 0.15) is 0 Å². The van der Waals surface area contributed by atoms with Crippen LogP contribution in [0.2, 0.25) is 0 Å². The van der Waals surface area contributed by atoms with Gasteiger partial charge < -0.3 is 5.32 Å². The van der Waals surface area contributed by atoms with Gasteiger partial charge in [-0.15, -0.1) is 11.3 Å². The van der Waals surface area contributed by atoms with Crippen LogP contribution in [0.5, 0.6) is 0 Å². The molecule has 0 unspecified atom stereocenters. The zero-order valence-corrected chi connectivity index (χ0v) is 14.3. The number of hydrogen-bond acceptors (Lipinski definition) is 3. The molecule has 0 radical (unpaired) electrons. The molecule has 0 atom stereocenters. The van der Waals surface area contributed by atoms with Crippen molar-refractivity contribution in [3.63, 3.8) is 0 Å². The number of amides is 1. The number of carbonyl (C=O) groups excluding carboxylic acids is 1. The average molecular weight is 376 g/mol. The van der Waals surface area contributed by atoms with Gasteiger partial charge in [0, 0.05) is 11.5 Å². The molecule has 2 heterocycles. The number of hydrogen-bond donors (Lipinski definition) is 1. The van der Waals surface area contributed by atoms with Crippen molar-refractivity contribution in [3.8, 4) is 10.6 Å². The molecule has 4 nitrogen and oxygen atoms in total. The van der Waals surface area contributed by atoms with E-state index in [-0.39, 0.29) is 5.91 Å². The first-order valence-electron chi connectivity index (χ1n) is 6.74. The number of carbonyl (C=O) groups is 1. The maximum absolute atomic E-state index is 12.2. The molecule has 0 saturated carbocycles. The minimum atomic E-state index is -0.115. The second-order valence-electron chi connectivity index (χ2n) is 4.78. The molecule has 112 valence electrons. The molecule has 0 spiro atoms. The van der Waals surface area contributed by atoms with E-state index in [1.54, 1.807) is 17.4 Å². The van der Waals surface area contributed by atoms with Gasteiger partial charge >= 0.3 is 0 Å². The van der Waals surface area contributed by atoms with Crippen LogP contribution in [0.15, 0.2) is 52.3 Å². The second-order valence-corrected chi connectivity index (χ2v) is 6.59. The van der Waals surface area contributed by atoms with Crippen molar-refractivity contribution in [2.24, 2.45) is 7.05 Å². The van der Waals surface area contributed by atoms with E-state index in [0.29, 0.717) is 12.1 Å². The first-order valence-corrected chi connectivity index (χ1v) is 8.42. The minimum Gasteiger partial charge on any atom is -0.346 e. The van der Waals surface area contributed by atoms with Crippen LogP contribution >= 0.6 is 27.3 Å². The summed E-state index contributed by atoms with van der Waals surface area (Å²) < 4.78 is 2.62. The molecular weight excluding hydrogens is 362 g/mol. The first-order chi connectivity index (χ1) is 10.6. The van der Waals surface area contributed by atoms with Crippen molar-refractivity contribution in [1.82, 2.24) is 15.1 Å². The fourth-order valence-corrected chi connectivity index (χ4v) is 3.42. The normalized spacial score (nSPS) is 10.6. The number of aryl methyl sites for hydroxylation is 1. The number of halogens is 1. The molecule has 0 fully saturated rings. The van der Waals surface area contributed by atoms with E-state index in [4.69, 9.17) is 0 Å². The molecule has 22 heavy (non-hydrogen) atoms. The summed E-state index contributed by atoms with van der Waals surface area (Å²) in [4.78, 5) is 13.4. The Balaban J connectivity index is 1.71. The van der Waals surface area contributed by atoms with Gasteiger partial charge in [0.2, 0.25) is 0 Å². The summed E-state index contributed by atoms with van der Waals surface area (Å²) in [6, 6.07) is 13.4. The van der Waals surface area contributed by atoms with Crippen molar-refractivity contribution in [3.05, 3.63) is 63.6 Å². The Labute approximate surface area is 140 Å². The van der Waals surface area contributed by atoms with Crippen molar-refractivity contribution in [1.29, 1.82) is 0 Å². The second kappa shape index (κ2) is 6.46. The lowest BCUT2D eigenvalue weighted by Gasteiger charge is -2.04. The lowest BCUT2D eigenvalue weighted by molar-refractivity contribution is 0.0949. The van der Waals surface area contributed by atoms with Gasteiger partial charge in [0.15, 0.2) is 0 Å². The molecule has 1 amide bonds. The summed E-state index contributed by atoms with van der Waals surface area (Å²) in [6.07, 6.45) is 0. The highest BCUT2D eigenvalue weighted by atomic mass is 79.9. The summed E-state index contributed by atoms with van der Waals surface area (Å²) in [6.45, 7) is 0.402. The highest BCUT2D eigenvalue weighted by Gasteiger charge is 2.11. The molecule has 0 saturated heterocycles. The van der Waals surface area contributed by atoms with Gasteiger partial charge in [-0.1, -0.05) is 18.2 Å². The van der Waals surface area contributed by atoms with Gasteiger partial charge in [-0.25, -0.2) is 0 Å². The Morgan fingerprint density at radius 1 is 1.32 bits per heavy atom. The monoisotopic (exact) mass is 375 g/mol. The fraction of sp³-hybridized carbons (Fsp3) is 0.125. The zero-order valence-electron chi connectivity index (χ0n) is 11.9. The Bertz CT molecular complexity index is 796. The van der Waals surface area contributed by atoms with E-state index in [1.165, 1.54) is 4.88 Å². The molecule has 1 aromatic carbocycles. The number of benzene rings is 1. The average Bonchev–Trinajstić information content (AvgIpc) is 3.14. The number of rotatable bonds is 4. The maximum atomic E-state index is 12.2. The zero-order chi connectivity index (χ0) is 15.5. The van der Waals surface area contributed by atoms with Crippen molar-refractivity contribution >= 4 is 33.2 Å². The smallest absolute Gasteiger partial charge is 0.252 e. The summed E-state index contributed by atoms with van der Waals surface area (Å²) >= 11 is 5.06. The number of thiophene rings is 1. The predicted molar refractivity (Wildman–Crippen MR) is 91.8 cm³/mol. The van der Waals surface area contributed by atoms with Crippen LogP contribution in [-0.4, -0.2) is 15.7 Å². The van der Waals surface area contributed by atoms with Gasteiger partial charge in [0.25, 0.3) is 5.91 Å². The molecule has 1 N–H and O–H groups in total. The quantitative estimate of drug-likeness (QED) is 0.752. The van der Waals surface area contributed by atoms with Gasteiger partial charge in [-0.05, 0) is 45.6 Å². The van der Waals surface area contributed by atoms with Crippen LogP contribution < -0.4 is 5.32 Å². The van der Waals surface area contributed by atoms with E-state index in [1.807, 2.05) is 47.4 Å². The Morgan fingerprint density at radius 2 is 2.14 bits per heavy atom. The highest BCUT2D eigenvalue weighted by molar-refractivity contribution is 9.10. The number of nitrogens with one attached hydrogen (secondary N) is 1. The van der Waals surface area contributed by atoms with Crippen LogP contribution in [0.25, 0.3) is 10.6 Å². The molecule has 0 aliphatic carbocycles. The van der Waals surface area contributed by atoms with E-state index in [9.17, 15) is 4.79 Å². The number of nitrogens with zero attached hydrogens (tertiary/aromatic N) is 2. The maximum Gasteiger partial charge on any atom is 0.252 e. The molecule has 6 heteroatoms. The molecular formula is C16H14BrN3OS. The van der Waals surface area contributed by atoms with Crippen LogP contribution in [-0.2, 0) is 13.6 Å². The van der Waals surface area contributed by atoms with E-state index in [0.717, 1.165) is 15.9 Å². The molecule has 3 rings (SSSR count). The van der Waals surface area contributed by atoms with Gasteiger partial charge in [-0.2, -0.15) is 5.10 Å². The molecule has 0 bridgehead atoms. The molecule has 0 aliphatic rings.